The number of aryl methyl sites for hydroxylation is 1. The molecule has 1 rings (SSSR count). The third-order valence-electron chi connectivity index (χ3n) is 2.15. The van der Waals surface area contributed by atoms with Crippen LogP contribution in [0.5, 0.6) is 0 Å². The fourth-order valence-electron chi connectivity index (χ4n) is 1.17. The lowest BCUT2D eigenvalue weighted by atomic mass is 10.1. The number of sulfone groups is 1. The van der Waals surface area contributed by atoms with Crippen molar-refractivity contribution in [2.75, 3.05) is 12.8 Å². The number of hydrogen-bond acceptors (Lipinski definition) is 6. The second-order valence-electron chi connectivity index (χ2n) is 4.05. The highest BCUT2D eigenvalue weighted by Crippen LogP contribution is 2.08. The average Bonchev–Trinajstić information content (AvgIpc) is 2.59. The Kier molecular flexibility index (Phi) is 4.43. The molecule has 0 saturated carbocycles. The summed E-state index contributed by atoms with van der Waals surface area (Å²) in [5.41, 5.74) is 5.48. The van der Waals surface area contributed by atoms with Gasteiger partial charge in [0.1, 0.15) is 5.75 Å². The average molecular weight is 247 g/mol. The first kappa shape index (κ1) is 13.1. The molecule has 92 valence electrons. The molecule has 1 unspecified atom stereocenters. The van der Waals surface area contributed by atoms with Gasteiger partial charge in [-0.05, 0) is 18.9 Å². The van der Waals surface area contributed by atoms with Crippen molar-refractivity contribution in [1.29, 1.82) is 0 Å². The standard InChI is InChI=1S/C9H17N3O3S/c1-7(5-10)3-4-9-11-8(12-15-9)6-16(2,13)14/h7H,3-6,10H2,1-2H3. The van der Waals surface area contributed by atoms with E-state index in [4.69, 9.17) is 10.3 Å². The van der Waals surface area contributed by atoms with Crippen LogP contribution in [-0.4, -0.2) is 31.4 Å². The highest BCUT2D eigenvalue weighted by atomic mass is 32.2. The molecule has 0 saturated heterocycles. The summed E-state index contributed by atoms with van der Waals surface area (Å²) in [6, 6.07) is 0. The Labute approximate surface area is 95.1 Å². The molecule has 1 atom stereocenters. The van der Waals surface area contributed by atoms with Gasteiger partial charge in [0.2, 0.25) is 5.89 Å². The first-order valence-electron chi connectivity index (χ1n) is 5.10. The molecule has 1 aromatic rings. The zero-order valence-corrected chi connectivity index (χ0v) is 10.3. The summed E-state index contributed by atoms with van der Waals surface area (Å²) in [5, 5.41) is 3.61. The van der Waals surface area contributed by atoms with Gasteiger partial charge in [-0.3, -0.25) is 0 Å². The van der Waals surface area contributed by atoms with Crippen LogP contribution in [0.1, 0.15) is 25.1 Å². The second-order valence-corrected chi connectivity index (χ2v) is 6.19. The van der Waals surface area contributed by atoms with Crippen molar-refractivity contribution in [3.05, 3.63) is 11.7 Å². The van der Waals surface area contributed by atoms with Crippen molar-refractivity contribution in [3.63, 3.8) is 0 Å². The lowest BCUT2D eigenvalue weighted by Gasteiger charge is -2.03. The Bertz CT molecular complexity index is 427. The molecule has 0 aliphatic heterocycles. The quantitative estimate of drug-likeness (QED) is 0.767. The Morgan fingerprint density at radius 1 is 1.50 bits per heavy atom. The third kappa shape index (κ3) is 4.71. The fraction of sp³-hybridized carbons (Fsp3) is 0.778. The molecule has 0 aliphatic rings. The minimum atomic E-state index is -3.10. The van der Waals surface area contributed by atoms with Gasteiger partial charge < -0.3 is 10.3 Å². The molecule has 0 spiro atoms. The van der Waals surface area contributed by atoms with Crippen LogP contribution in [0.4, 0.5) is 0 Å². The summed E-state index contributed by atoms with van der Waals surface area (Å²) in [5.74, 6) is 0.908. The zero-order chi connectivity index (χ0) is 12.2. The van der Waals surface area contributed by atoms with Crippen molar-refractivity contribution < 1.29 is 12.9 Å². The normalized spacial score (nSPS) is 13.9. The van der Waals surface area contributed by atoms with E-state index in [1.165, 1.54) is 0 Å². The van der Waals surface area contributed by atoms with Crippen LogP contribution in [0.25, 0.3) is 0 Å². The summed E-state index contributed by atoms with van der Waals surface area (Å²) < 4.78 is 26.9. The van der Waals surface area contributed by atoms with E-state index in [0.717, 1.165) is 12.7 Å². The first-order chi connectivity index (χ1) is 7.40. The van der Waals surface area contributed by atoms with Crippen LogP contribution < -0.4 is 5.73 Å². The molecule has 0 bridgehead atoms. The van der Waals surface area contributed by atoms with Crippen LogP contribution in [0.2, 0.25) is 0 Å². The van der Waals surface area contributed by atoms with Crippen molar-refractivity contribution in [1.82, 2.24) is 10.1 Å². The van der Waals surface area contributed by atoms with E-state index in [1.807, 2.05) is 6.92 Å². The predicted molar refractivity (Wildman–Crippen MR) is 59.4 cm³/mol. The van der Waals surface area contributed by atoms with Crippen LogP contribution in [0.3, 0.4) is 0 Å². The number of nitrogens with two attached hydrogens (primary N) is 1. The molecule has 1 heterocycles. The van der Waals surface area contributed by atoms with Gasteiger partial charge in [-0.2, -0.15) is 4.98 Å². The molecular formula is C9H17N3O3S. The van der Waals surface area contributed by atoms with Crippen LogP contribution in [-0.2, 0) is 22.0 Å². The molecule has 0 radical (unpaired) electrons. The van der Waals surface area contributed by atoms with Gasteiger partial charge >= 0.3 is 0 Å². The minimum Gasteiger partial charge on any atom is -0.339 e. The fourth-order valence-corrected chi connectivity index (χ4v) is 1.76. The monoisotopic (exact) mass is 247 g/mol. The summed E-state index contributed by atoms with van der Waals surface area (Å²) in [4.78, 5) is 4.00. The predicted octanol–water partition coefficient (Wildman–Crippen LogP) is 0.142. The van der Waals surface area contributed by atoms with Gasteiger partial charge in [0.25, 0.3) is 0 Å². The first-order valence-corrected chi connectivity index (χ1v) is 7.16. The Morgan fingerprint density at radius 2 is 2.19 bits per heavy atom. The molecule has 2 N–H and O–H groups in total. The molecule has 1 aromatic heterocycles. The molecule has 6 nitrogen and oxygen atoms in total. The molecule has 0 amide bonds. The maximum absolute atomic E-state index is 11.0. The Morgan fingerprint density at radius 3 is 2.75 bits per heavy atom. The number of aromatic nitrogens is 2. The highest BCUT2D eigenvalue weighted by molar-refractivity contribution is 7.89. The van der Waals surface area contributed by atoms with Crippen LogP contribution in [0, 0.1) is 5.92 Å². The third-order valence-corrected chi connectivity index (χ3v) is 2.94. The Balaban J connectivity index is 2.52. The van der Waals surface area contributed by atoms with Crippen molar-refractivity contribution in [3.8, 4) is 0 Å². The molecule has 0 aromatic carbocycles. The molecule has 16 heavy (non-hydrogen) atoms. The zero-order valence-electron chi connectivity index (χ0n) is 9.51. The topological polar surface area (TPSA) is 99.1 Å². The second kappa shape index (κ2) is 5.40. The van der Waals surface area contributed by atoms with Gasteiger partial charge in [0.05, 0.1) is 0 Å². The summed E-state index contributed by atoms with van der Waals surface area (Å²) in [6.45, 7) is 2.65. The molecule has 7 heteroatoms. The number of rotatable bonds is 6. The van der Waals surface area contributed by atoms with Gasteiger partial charge in [0.15, 0.2) is 15.7 Å². The minimum absolute atomic E-state index is 0.178. The van der Waals surface area contributed by atoms with Gasteiger partial charge in [-0.1, -0.05) is 12.1 Å². The van der Waals surface area contributed by atoms with Crippen molar-refractivity contribution in [2.45, 2.75) is 25.5 Å². The van der Waals surface area contributed by atoms with Gasteiger partial charge in [0, 0.05) is 12.7 Å². The number of nitrogens with zero attached hydrogens (tertiary/aromatic N) is 2. The van der Waals surface area contributed by atoms with E-state index in [1.54, 1.807) is 0 Å². The maximum Gasteiger partial charge on any atom is 0.226 e. The van der Waals surface area contributed by atoms with E-state index in [2.05, 4.69) is 10.1 Å². The lowest BCUT2D eigenvalue weighted by Crippen LogP contribution is -2.11. The lowest BCUT2D eigenvalue weighted by molar-refractivity contribution is 0.362. The van der Waals surface area contributed by atoms with Crippen molar-refractivity contribution in [2.24, 2.45) is 11.7 Å². The largest absolute Gasteiger partial charge is 0.339 e. The van der Waals surface area contributed by atoms with Crippen molar-refractivity contribution >= 4 is 9.84 Å². The van der Waals surface area contributed by atoms with E-state index >= 15 is 0 Å². The highest BCUT2D eigenvalue weighted by Gasteiger charge is 2.12. The van der Waals surface area contributed by atoms with Crippen LogP contribution in [0.15, 0.2) is 4.52 Å². The van der Waals surface area contributed by atoms with E-state index in [0.29, 0.717) is 24.8 Å². The SMILES string of the molecule is CC(CN)CCc1nc(CS(C)(=O)=O)no1. The number of hydrogen-bond donors (Lipinski definition) is 1. The summed E-state index contributed by atoms with van der Waals surface area (Å²) in [6.07, 6.45) is 2.63. The smallest absolute Gasteiger partial charge is 0.226 e. The summed E-state index contributed by atoms with van der Waals surface area (Å²) >= 11 is 0. The molecule has 0 fully saturated rings. The van der Waals surface area contributed by atoms with Crippen LogP contribution >= 0.6 is 0 Å². The van der Waals surface area contributed by atoms with Gasteiger partial charge in [-0.15, -0.1) is 0 Å². The molecule has 0 aliphatic carbocycles. The Hall–Kier alpha value is -0.950. The van der Waals surface area contributed by atoms with E-state index in [9.17, 15) is 8.42 Å². The molecular weight excluding hydrogens is 230 g/mol. The van der Waals surface area contributed by atoms with E-state index < -0.39 is 9.84 Å². The van der Waals surface area contributed by atoms with Gasteiger partial charge in [-0.25, -0.2) is 8.42 Å². The maximum atomic E-state index is 11.0. The summed E-state index contributed by atoms with van der Waals surface area (Å²) in [7, 11) is -3.10. The van der Waals surface area contributed by atoms with E-state index in [-0.39, 0.29) is 11.6 Å².